The highest BCUT2D eigenvalue weighted by Crippen LogP contribution is 2.25. The average molecular weight is 312 g/mol. The van der Waals surface area contributed by atoms with Gasteiger partial charge in [-0.05, 0) is 19.9 Å². The highest BCUT2D eigenvalue weighted by Gasteiger charge is 2.28. The van der Waals surface area contributed by atoms with Gasteiger partial charge in [0.2, 0.25) is 0 Å². The maximum absolute atomic E-state index is 12.5. The van der Waals surface area contributed by atoms with Crippen molar-refractivity contribution in [3.05, 3.63) is 22.4 Å². The quantitative estimate of drug-likeness (QED) is 0.760. The second-order valence-corrected chi connectivity index (χ2v) is 6.38. The van der Waals surface area contributed by atoms with E-state index in [1.165, 1.54) is 11.3 Å². The number of hydrogen-bond acceptors (Lipinski definition) is 5. The van der Waals surface area contributed by atoms with E-state index in [-0.39, 0.29) is 18.1 Å². The Balaban J connectivity index is 1.88. The maximum Gasteiger partial charge on any atom is 0.283 e. The number of carbonyl (C=O) groups excluding carboxylic acids is 1. The molecule has 1 aliphatic heterocycles. The van der Waals surface area contributed by atoms with Crippen LogP contribution in [0.3, 0.4) is 0 Å². The first-order chi connectivity index (χ1) is 9.52. The van der Waals surface area contributed by atoms with Crippen LogP contribution in [-0.2, 0) is 4.74 Å². The van der Waals surface area contributed by atoms with Crippen molar-refractivity contribution in [1.82, 2.24) is 14.9 Å². The lowest BCUT2D eigenvalue weighted by Crippen LogP contribution is -2.48. The molecule has 2 aromatic heterocycles. The monoisotopic (exact) mass is 311 g/mol. The molecule has 0 unspecified atom stereocenters. The third kappa shape index (κ3) is 2.63. The van der Waals surface area contributed by atoms with Crippen molar-refractivity contribution in [2.75, 3.05) is 13.1 Å². The number of ether oxygens (including phenoxy) is 1. The minimum absolute atomic E-state index is 0.0492. The SMILES string of the molecule is C[C@@H]1CN(C(=O)c2nc3cnc(Cl)cc3s2)C[C@H](C)O1. The molecular weight excluding hydrogens is 298 g/mol. The van der Waals surface area contributed by atoms with Gasteiger partial charge in [0.05, 0.1) is 23.1 Å². The third-order valence-corrected chi connectivity index (χ3v) is 4.34. The van der Waals surface area contributed by atoms with Gasteiger partial charge in [0.1, 0.15) is 10.7 Å². The summed E-state index contributed by atoms with van der Waals surface area (Å²) >= 11 is 7.20. The van der Waals surface area contributed by atoms with Crippen molar-refractivity contribution >= 4 is 39.1 Å². The van der Waals surface area contributed by atoms with Gasteiger partial charge >= 0.3 is 0 Å². The van der Waals surface area contributed by atoms with Gasteiger partial charge in [-0.2, -0.15) is 0 Å². The Morgan fingerprint density at radius 1 is 1.45 bits per heavy atom. The largest absolute Gasteiger partial charge is 0.372 e. The summed E-state index contributed by atoms with van der Waals surface area (Å²) in [6, 6.07) is 1.73. The molecule has 0 bridgehead atoms. The first-order valence-electron chi connectivity index (χ1n) is 6.40. The molecule has 7 heteroatoms. The number of pyridine rings is 1. The van der Waals surface area contributed by atoms with E-state index in [4.69, 9.17) is 16.3 Å². The molecule has 1 saturated heterocycles. The molecule has 20 heavy (non-hydrogen) atoms. The van der Waals surface area contributed by atoms with Crippen LogP contribution < -0.4 is 0 Å². The molecule has 3 rings (SSSR count). The molecule has 0 N–H and O–H groups in total. The molecule has 5 nitrogen and oxygen atoms in total. The third-order valence-electron chi connectivity index (χ3n) is 3.13. The Bertz CT molecular complexity index is 650. The van der Waals surface area contributed by atoms with Crippen LogP contribution in [0.15, 0.2) is 12.3 Å². The van der Waals surface area contributed by atoms with E-state index in [1.54, 1.807) is 17.2 Å². The van der Waals surface area contributed by atoms with Crippen LogP contribution in [-0.4, -0.2) is 46.1 Å². The van der Waals surface area contributed by atoms with Gasteiger partial charge in [0, 0.05) is 13.1 Å². The normalized spacial score (nSPS) is 23.2. The molecule has 0 aliphatic carbocycles. The van der Waals surface area contributed by atoms with E-state index < -0.39 is 0 Å². The number of aromatic nitrogens is 2. The highest BCUT2D eigenvalue weighted by molar-refractivity contribution is 7.20. The first kappa shape index (κ1) is 13.7. The highest BCUT2D eigenvalue weighted by atomic mass is 35.5. The van der Waals surface area contributed by atoms with Crippen molar-refractivity contribution < 1.29 is 9.53 Å². The van der Waals surface area contributed by atoms with E-state index >= 15 is 0 Å². The summed E-state index contributed by atoms with van der Waals surface area (Å²) in [7, 11) is 0. The van der Waals surface area contributed by atoms with Gasteiger partial charge in [-0.3, -0.25) is 4.79 Å². The zero-order valence-corrected chi connectivity index (χ0v) is 12.7. The molecule has 0 spiro atoms. The Morgan fingerprint density at radius 3 is 2.85 bits per heavy atom. The summed E-state index contributed by atoms with van der Waals surface area (Å²) < 4.78 is 6.52. The van der Waals surface area contributed by atoms with Crippen molar-refractivity contribution in [2.45, 2.75) is 26.1 Å². The smallest absolute Gasteiger partial charge is 0.283 e. The Morgan fingerprint density at radius 2 is 2.15 bits per heavy atom. The average Bonchev–Trinajstić information content (AvgIpc) is 2.79. The molecule has 3 heterocycles. The molecule has 0 saturated carbocycles. The van der Waals surface area contributed by atoms with Crippen LogP contribution >= 0.6 is 22.9 Å². The van der Waals surface area contributed by atoms with E-state index in [0.29, 0.717) is 28.8 Å². The van der Waals surface area contributed by atoms with E-state index in [1.807, 2.05) is 13.8 Å². The Hall–Kier alpha value is -1.24. The lowest BCUT2D eigenvalue weighted by atomic mass is 10.2. The first-order valence-corrected chi connectivity index (χ1v) is 7.59. The van der Waals surface area contributed by atoms with E-state index in [2.05, 4.69) is 9.97 Å². The number of morpholine rings is 1. The fraction of sp³-hybridized carbons (Fsp3) is 0.462. The minimum Gasteiger partial charge on any atom is -0.372 e. The molecule has 0 radical (unpaired) electrons. The number of halogens is 1. The van der Waals surface area contributed by atoms with E-state index in [0.717, 1.165) is 4.70 Å². The number of hydrogen-bond donors (Lipinski definition) is 0. The van der Waals surface area contributed by atoms with Crippen LogP contribution in [0.25, 0.3) is 10.2 Å². The maximum atomic E-state index is 12.5. The number of thiazole rings is 1. The van der Waals surface area contributed by atoms with E-state index in [9.17, 15) is 4.79 Å². The lowest BCUT2D eigenvalue weighted by molar-refractivity contribution is -0.0586. The predicted octanol–water partition coefficient (Wildman–Crippen LogP) is 2.59. The van der Waals surface area contributed by atoms with Gasteiger partial charge in [0.15, 0.2) is 5.01 Å². The molecule has 1 aliphatic rings. The standard InChI is InChI=1S/C13H14ClN3O2S/c1-7-5-17(6-8(2)19-7)13(18)12-16-9-4-15-11(14)3-10(9)20-12/h3-4,7-8H,5-6H2,1-2H3/t7-,8+. The summed E-state index contributed by atoms with van der Waals surface area (Å²) in [5.74, 6) is -0.0516. The molecule has 1 fully saturated rings. The van der Waals surface area contributed by atoms with Crippen molar-refractivity contribution in [1.29, 1.82) is 0 Å². The second kappa shape index (κ2) is 5.27. The van der Waals surface area contributed by atoms with Crippen LogP contribution in [0.1, 0.15) is 23.6 Å². The lowest BCUT2D eigenvalue weighted by Gasteiger charge is -2.34. The summed E-state index contributed by atoms with van der Waals surface area (Å²) in [6.07, 6.45) is 1.69. The van der Waals surface area contributed by atoms with Crippen molar-refractivity contribution in [3.63, 3.8) is 0 Å². The van der Waals surface area contributed by atoms with Crippen molar-refractivity contribution in [2.24, 2.45) is 0 Å². The molecular formula is C13H14ClN3O2S. The zero-order chi connectivity index (χ0) is 14.3. The van der Waals surface area contributed by atoms with Gasteiger partial charge in [0.25, 0.3) is 5.91 Å². The van der Waals surface area contributed by atoms with Crippen LogP contribution in [0.2, 0.25) is 5.15 Å². The number of nitrogens with zero attached hydrogens (tertiary/aromatic N) is 3. The van der Waals surface area contributed by atoms with Gasteiger partial charge < -0.3 is 9.64 Å². The minimum atomic E-state index is -0.0516. The molecule has 1 amide bonds. The molecule has 2 aromatic rings. The summed E-state index contributed by atoms with van der Waals surface area (Å²) in [5.41, 5.74) is 0.706. The van der Waals surface area contributed by atoms with Gasteiger partial charge in [-0.1, -0.05) is 11.6 Å². The topological polar surface area (TPSA) is 55.3 Å². The molecule has 2 atom stereocenters. The second-order valence-electron chi connectivity index (χ2n) is 4.96. The van der Waals surface area contributed by atoms with Gasteiger partial charge in [-0.15, -0.1) is 11.3 Å². The number of rotatable bonds is 1. The molecule has 106 valence electrons. The van der Waals surface area contributed by atoms with Crippen LogP contribution in [0, 0.1) is 0 Å². The molecule has 0 aromatic carbocycles. The number of carbonyl (C=O) groups is 1. The number of fused-ring (bicyclic) bond motifs is 1. The predicted molar refractivity (Wildman–Crippen MR) is 78.3 cm³/mol. The number of amides is 1. The van der Waals surface area contributed by atoms with Crippen LogP contribution in [0.4, 0.5) is 0 Å². The van der Waals surface area contributed by atoms with Crippen molar-refractivity contribution in [3.8, 4) is 0 Å². The summed E-state index contributed by atoms with van der Waals surface area (Å²) in [6.45, 7) is 5.13. The summed E-state index contributed by atoms with van der Waals surface area (Å²) in [4.78, 5) is 22.6. The van der Waals surface area contributed by atoms with Gasteiger partial charge in [-0.25, -0.2) is 9.97 Å². The zero-order valence-electron chi connectivity index (χ0n) is 11.2. The summed E-state index contributed by atoms with van der Waals surface area (Å²) in [5, 5.41) is 0.888. The fourth-order valence-corrected chi connectivity index (χ4v) is 3.54. The fourth-order valence-electron chi connectivity index (χ4n) is 2.38. The Kier molecular flexibility index (Phi) is 3.62. The van der Waals surface area contributed by atoms with Crippen LogP contribution in [0.5, 0.6) is 0 Å². The Labute approximate surface area is 125 Å².